The van der Waals surface area contributed by atoms with Crippen molar-refractivity contribution in [2.24, 2.45) is 0 Å². The zero-order chi connectivity index (χ0) is 15.6. The van der Waals surface area contributed by atoms with Crippen LogP contribution in [0.4, 0.5) is 17.3 Å². The van der Waals surface area contributed by atoms with Crippen molar-refractivity contribution in [3.05, 3.63) is 42.0 Å². The number of hydrogen-bond acceptors (Lipinski definition) is 5. The predicted octanol–water partition coefficient (Wildman–Crippen LogP) is 2.32. The Morgan fingerprint density at radius 2 is 2.00 bits per heavy atom. The molecule has 6 nitrogen and oxygen atoms in total. The fourth-order valence-electron chi connectivity index (χ4n) is 2.53. The number of aryl methyl sites for hydroxylation is 1. The van der Waals surface area contributed by atoms with Gasteiger partial charge in [-0.05, 0) is 43.5 Å². The van der Waals surface area contributed by atoms with Crippen molar-refractivity contribution in [2.45, 2.75) is 19.8 Å². The molecule has 0 radical (unpaired) electrons. The van der Waals surface area contributed by atoms with Crippen molar-refractivity contribution in [2.75, 3.05) is 21.9 Å². The summed E-state index contributed by atoms with van der Waals surface area (Å²) in [4.78, 5) is 2.12. The molecule has 22 heavy (non-hydrogen) atoms. The molecule has 0 spiro atoms. The third kappa shape index (κ3) is 3.04. The topological polar surface area (TPSA) is 75.2 Å². The van der Waals surface area contributed by atoms with Crippen LogP contribution in [0.2, 0.25) is 0 Å². The molecule has 3 rings (SSSR count). The standard InChI is InChI=1S/C15H18N4O2S/c1-2-22(20,21)18-14-9-10-15(17-16-14)19-11-5-7-12-6-3-4-8-13(12)19/h3-4,6,8-10H,2,5,7,11H2,1H3,(H,16,18). The molecule has 2 heterocycles. The Balaban J connectivity index is 1.85. The highest BCUT2D eigenvalue weighted by Crippen LogP contribution is 2.31. The van der Waals surface area contributed by atoms with Gasteiger partial charge in [0.05, 0.1) is 5.75 Å². The fraction of sp³-hybridized carbons (Fsp3) is 0.333. The first-order valence-electron chi connectivity index (χ1n) is 7.29. The van der Waals surface area contributed by atoms with Gasteiger partial charge in [-0.2, -0.15) is 0 Å². The quantitative estimate of drug-likeness (QED) is 0.936. The van der Waals surface area contributed by atoms with Gasteiger partial charge in [0, 0.05) is 12.2 Å². The summed E-state index contributed by atoms with van der Waals surface area (Å²) < 4.78 is 25.5. The number of aromatic nitrogens is 2. The summed E-state index contributed by atoms with van der Waals surface area (Å²) in [5.41, 5.74) is 2.44. The summed E-state index contributed by atoms with van der Waals surface area (Å²) in [6.07, 6.45) is 2.12. The van der Waals surface area contributed by atoms with E-state index in [0.717, 1.165) is 30.9 Å². The number of hydrogen-bond donors (Lipinski definition) is 1. The van der Waals surface area contributed by atoms with Gasteiger partial charge in [-0.25, -0.2) is 8.42 Å². The van der Waals surface area contributed by atoms with Crippen LogP contribution < -0.4 is 9.62 Å². The van der Waals surface area contributed by atoms with E-state index in [4.69, 9.17) is 0 Å². The zero-order valence-corrected chi connectivity index (χ0v) is 13.2. The molecule has 1 N–H and O–H groups in total. The first-order valence-corrected chi connectivity index (χ1v) is 8.94. The molecule has 116 valence electrons. The minimum atomic E-state index is -3.33. The van der Waals surface area contributed by atoms with E-state index in [1.807, 2.05) is 12.1 Å². The van der Waals surface area contributed by atoms with Crippen LogP contribution in [-0.4, -0.2) is 30.9 Å². The Hall–Kier alpha value is -2.15. The van der Waals surface area contributed by atoms with E-state index in [0.29, 0.717) is 0 Å². The highest BCUT2D eigenvalue weighted by Gasteiger charge is 2.19. The van der Waals surface area contributed by atoms with E-state index >= 15 is 0 Å². The molecule has 0 bridgehead atoms. The summed E-state index contributed by atoms with van der Waals surface area (Å²) in [5.74, 6) is 0.984. The SMILES string of the molecule is CCS(=O)(=O)Nc1ccc(N2CCCc3ccccc32)nn1. The lowest BCUT2D eigenvalue weighted by Gasteiger charge is -2.29. The normalized spacial score (nSPS) is 14.5. The van der Waals surface area contributed by atoms with Gasteiger partial charge < -0.3 is 4.90 Å². The summed E-state index contributed by atoms with van der Waals surface area (Å²) in [6, 6.07) is 11.7. The van der Waals surface area contributed by atoms with Crippen LogP contribution in [0, 0.1) is 0 Å². The lowest BCUT2D eigenvalue weighted by Crippen LogP contribution is -2.25. The van der Waals surface area contributed by atoms with Gasteiger partial charge in [0.15, 0.2) is 11.6 Å². The number of benzene rings is 1. The van der Waals surface area contributed by atoms with Gasteiger partial charge in [-0.3, -0.25) is 4.72 Å². The number of rotatable bonds is 4. The largest absolute Gasteiger partial charge is 0.325 e. The minimum Gasteiger partial charge on any atom is -0.325 e. The Kier molecular flexibility index (Phi) is 3.98. The van der Waals surface area contributed by atoms with Crippen molar-refractivity contribution >= 4 is 27.3 Å². The van der Waals surface area contributed by atoms with Crippen molar-refractivity contribution in [3.63, 3.8) is 0 Å². The molecule has 1 aliphatic heterocycles. The van der Waals surface area contributed by atoms with Gasteiger partial charge in [-0.1, -0.05) is 18.2 Å². The van der Waals surface area contributed by atoms with Gasteiger partial charge in [-0.15, -0.1) is 10.2 Å². The lowest BCUT2D eigenvalue weighted by atomic mass is 10.0. The van der Waals surface area contributed by atoms with Crippen molar-refractivity contribution in [1.29, 1.82) is 0 Å². The number of sulfonamides is 1. The molecule has 2 aromatic rings. The van der Waals surface area contributed by atoms with Crippen LogP contribution >= 0.6 is 0 Å². The average molecular weight is 318 g/mol. The predicted molar refractivity (Wildman–Crippen MR) is 86.9 cm³/mol. The van der Waals surface area contributed by atoms with Crippen molar-refractivity contribution in [1.82, 2.24) is 10.2 Å². The van der Waals surface area contributed by atoms with Crippen molar-refractivity contribution < 1.29 is 8.42 Å². The molecule has 1 aromatic heterocycles. The highest BCUT2D eigenvalue weighted by atomic mass is 32.2. The fourth-order valence-corrected chi connectivity index (χ4v) is 3.10. The van der Waals surface area contributed by atoms with E-state index in [1.54, 1.807) is 19.1 Å². The maximum absolute atomic E-state index is 11.5. The first kappa shape index (κ1) is 14.8. The Morgan fingerprint density at radius 3 is 2.73 bits per heavy atom. The Morgan fingerprint density at radius 1 is 1.18 bits per heavy atom. The van der Waals surface area contributed by atoms with E-state index in [2.05, 4.69) is 32.0 Å². The second-order valence-corrected chi connectivity index (χ2v) is 7.18. The molecular formula is C15H18N4O2S. The Labute approximate surface area is 130 Å². The second kappa shape index (κ2) is 5.92. The highest BCUT2D eigenvalue weighted by molar-refractivity contribution is 7.92. The maximum Gasteiger partial charge on any atom is 0.233 e. The molecule has 1 aromatic carbocycles. The molecule has 1 aliphatic rings. The molecule has 0 aliphatic carbocycles. The van der Waals surface area contributed by atoms with E-state index in [1.165, 1.54) is 5.56 Å². The molecule has 0 saturated carbocycles. The van der Waals surface area contributed by atoms with Crippen LogP contribution in [0.15, 0.2) is 36.4 Å². The minimum absolute atomic E-state index is 0.00985. The molecule has 0 fully saturated rings. The molecule has 0 atom stereocenters. The summed E-state index contributed by atoms with van der Waals surface area (Å²) in [5, 5.41) is 8.15. The molecule has 7 heteroatoms. The van der Waals surface area contributed by atoms with Crippen LogP contribution in [0.5, 0.6) is 0 Å². The zero-order valence-electron chi connectivity index (χ0n) is 12.4. The molecule has 0 unspecified atom stereocenters. The lowest BCUT2D eigenvalue weighted by molar-refractivity contribution is 0.602. The van der Waals surface area contributed by atoms with E-state index < -0.39 is 10.0 Å². The van der Waals surface area contributed by atoms with E-state index in [9.17, 15) is 8.42 Å². The maximum atomic E-state index is 11.5. The van der Waals surface area contributed by atoms with Gasteiger partial charge in [0.1, 0.15) is 0 Å². The number of para-hydroxylation sites is 1. The monoisotopic (exact) mass is 318 g/mol. The molecule has 0 amide bonds. The van der Waals surface area contributed by atoms with Gasteiger partial charge in [0.2, 0.25) is 10.0 Å². The third-order valence-corrected chi connectivity index (χ3v) is 4.96. The van der Waals surface area contributed by atoms with Gasteiger partial charge in [0.25, 0.3) is 0 Å². The third-order valence-electron chi connectivity index (χ3n) is 3.68. The molecular weight excluding hydrogens is 300 g/mol. The summed E-state index contributed by atoms with van der Waals surface area (Å²) in [7, 11) is -3.33. The summed E-state index contributed by atoms with van der Waals surface area (Å²) >= 11 is 0. The van der Waals surface area contributed by atoms with Crippen LogP contribution in [0.25, 0.3) is 0 Å². The summed E-state index contributed by atoms with van der Waals surface area (Å²) in [6.45, 7) is 2.46. The van der Waals surface area contributed by atoms with Crippen LogP contribution in [-0.2, 0) is 16.4 Å². The van der Waals surface area contributed by atoms with Crippen LogP contribution in [0.3, 0.4) is 0 Å². The van der Waals surface area contributed by atoms with Crippen molar-refractivity contribution in [3.8, 4) is 0 Å². The number of anilines is 3. The number of nitrogens with zero attached hydrogens (tertiary/aromatic N) is 3. The smallest absolute Gasteiger partial charge is 0.233 e. The number of nitrogens with one attached hydrogen (secondary N) is 1. The van der Waals surface area contributed by atoms with E-state index in [-0.39, 0.29) is 11.6 Å². The second-order valence-electron chi connectivity index (χ2n) is 5.17. The van der Waals surface area contributed by atoms with Crippen LogP contribution in [0.1, 0.15) is 18.9 Å². The molecule has 0 saturated heterocycles. The number of fused-ring (bicyclic) bond motifs is 1. The first-order chi connectivity index (χ1) is 10.6. The average Bonchev–Trinajstić information content (AvgIpc) is 2.55. The Bertz CT molecular complexity index is 759. The van der Waals surface area contributed by atoms with Gasteiger partial charge >= 0.3 is 0 Å².